The Morgan fingerprint density at radius 3 is 1.71 bits per heavy atom. The molecular weight excluding hydrogens is 795 g/mol. The number of halogens is 4. The largest absolute Gasteiger partial charge is 0.333 e. The molecule has 2 aromatic carbocycles. The number of carbonyl (C=O) groups excluding carboxylic acids is 3. The Morgan fingerprint density at radius 2 is 1.27 bits per heavy atom. The molecule has 9 nitrogen and oxygen atoms in total. The smallest absolute Gasteiger partial charge is 0.245 e. The van der Waals surface area contributed by atoms with Crippen LogP contribution in [0.2, 0.25) is 10.0 Å². The Kier molecular flexibility index (Phi) is 15.5. The van der Waals surface area contributed by atoms with Crippen molar-refractivity contribution in [2.45, 2.75) is 32.6 Å². The molecule has 1 saturated carbocycles. The van der Waals surface area contributed by atoms with Gasteiger partial charge in [0.25, 0.3) is 0 Å². The van der Waals surface area contributed by atoms with Crippen LogP contribution in [0.4, 0.5) is 11.6 Å². The lowest BCUT2D eigenvalue weighted by molar-refractivity contribution is -0.132. The van der Waals surface area contributed by atoms with E-state index in [0.29, 0.717) is 41.2 Å². The lowest BCUT2D eigenvalue weighted by atomic mass is 10.1. The van der Waals surface area contributed by atoms with Crippen molar-refractivity contribution in [2.75, 3.05) is 43.4 Å². The minimum atomic E-state index is -0.297. The summed E-state index contributed by atoms with van der Waals surface area (Å²) in [6, 6.07) is 22.9. The first-order valence-electron chi connectivity index (χ1n) is 15.8. The second kappa shape index (κ2) is 19.7. The topological polar surface area (TPSA) is 108 Å². The third-order valence-electron chi connectivity index (χ3n) is 7.52. The molecule has 49 heavy (non-hydrogen) atoms. The average Bonchev–Trinajstić information content (AvgIpc) is 3.88. The maximum Gasteiger partial charge on any atom is 0.245 e. The standard InChI is InChI=1S/C19H21BrClN3O.C17H17BrClN3O2/c20-16-3-1-2-14(10-16)8-9-24(12-15-4-5-15)13-19(25)23-18-7-6-17(21)11-22-18;1-12(23)22(8-7-13-3-2-4-14(18)9-13)11-17(24)21-16-6-5-15(19)10-20-16/h1-3,6-7,10-11,15H,4-5,8-9,12-13H2,(H,22,23,25);2-6,9-10H,7-8,11H2,1H3,(H,20,21,24). The maximum absolute atomic E-state index is 12.3. The van der Waals surface area contributed by atoms with Crippen molar-refractivity contribution in [1.82, 2.24) is 19.8 Å². The van der Waals surface area contributed by atoms with E-state index in [0.717, 1.165) is 39.9 Å². The Bertz CT molecular complexity index is 1690. The second-order valence-electron chi connectivity index (χ2n) is 11.7. The predicted octanol–water partition coefficient (Wildman–Crippen LogP) is 7.92. The van der Waals surface area contributed by atoms with Crippen molar-refractivity contribution in [2.24, 2.45) is 5.92 Å². The number of anilines is 2. The number of pyridine rings is 2. The molecule has 0 aliphatic heterocycles. The van der Waals surface area contributed by atoms with E-state index in [1.165, 1.54) is 42.6 Å². The number of hydrogen-bond donors (Lipinski definition) is 2. The highest BCUT2D eigenvalue weighted by Gasteiger charge is 2.25. The molecular formula is C36H38Br2Cl2N6O3. The summed E-state index contributed by atoms with van der Waals surface area (Å²) in [7, 11) is 0. The molecule has 3 amide bonds. The van der Waals surface area contributed by atoms with E-state index in [1.54, 1.807) is 24.3 Å². The molecule has 2 aromatic heterocycles. The first-order valence-corrected chi connectivity index (χ1v) is 18.2. The van der Waals surface area contributed by atoms with Crippen molar-refractivity contribution in [1.29, 1.82) is 0 Å². The van der Waals surface area contributed by atoms with Gasteiger partial charge in [0.2, 0.25) is 17.7 Å². The summed E-state index contributed by atoms with van der Waals surface area (Å²) in [5, 5.41) is 6.55. The SMILES string of the molecule is CC(=O)N(CCc1cccc(Br)c1)CC(=O)Nc1ccc(Cl)cn1.O=C(CN(CCc1cccc(Br)c1)CC1CC1)Nc1ccc(Cl)cn1. The van der Waals surface area contributed by atoms with Crippen LogP contribution < -0.4 is 10.6 Å². The van der Waals surface area contributed by atoms with Gasteiger partial charge in [-0.2, -0.15) is 0 Å². The number of hydrogen-bond acceptors (Lipinski definition) is 6. The van der Waals surface area contributed by atoms with Gasteiger partial charge in [0.05, 0.1) is 23.1 Å². The van der Waals surface area contributed by atoms with Gasteiger partial charge in [0.1, 0.15) is 11.6 Å². The van der Waals surface area contributed by atoms with Crippen LogP contribution in [0.1, 0.15) is 30.9 Å². The van der Waals surface area contributed by atoms with E-state index in [-0.39, 0.29) is 24.3 Å². The van der Waals surface area contributed by atoms with Gasteiger partial charge in [-0.15, -0.1) is 0 Å². The normalized spacial score (nSPS) is 12.1. The fourth-order valence-electron chi connectivity index (χ4n) is 4.83. The Hall–Kier alpha value is -3.35. The van der Waals surface area contributed by atoms with E-state index in [1.807, 2.05) is 36.4 Å². The van der Waals surface area contributed by atoms with Crippen LogP contribution in [0.15, 0.2) is 94.1 Å². The molecule has 1 aliphatic carbocycles. The molecule has 0 spiro atoms. The highest BCUT2D eigenvalue weighted by atomic mass is 79.9. The molecule has 13 heteroatoms. The van der Waals surface area contributed by atoms with Gasteiger partial charge in [-0.1, -0.05) is 79.3 Å². The first-order chi connectivity index (χ1) is 23.5. The molecule has 0 atom stereocenters. The van der Waals surface area contributed by atoms with E-state index in [4.69, 9.17) is 23.2 Å². The molecule has 0 saturated heterocycles. The molecule has 0 radical (unpaired) electrons. The summed E-state index contributed by atoms with van der Waals surface area (Å²) in [5.74, 6) is 1.19. The predicted molar refractivity (Wildman–Crippen MR) is 203 cm³/mol. The minimum Gasteiger partial charge on any atom is -0.333 e. The van der Waals surface area contributed by atoms with Crippen LogP contribution >= 0.6 is 55.1 Å². The number of rotatable bonds is 14. The molecule has 0 unspecified atom stereocenters. The van der Waals surface area contributed by atoms with Crippen LogP contribution in [-0.4, -0.2) is 70.2 Å². The molecule has 258 valence electrons. The average molecular weight is 833 g/mol. The molecule has 5 rings (SSSR count). The summed E-state index contributed by atoms with van der Waals surface area (Å²) >= 11 is 18.5. The van der Waals surface area contributed by atoms with E-state index in [9.17, 15) is 14.4 Å². The van der Waals surface area contributed by atoms with Gasteiger partial charge in [-0.25, -0.2) is 9.97 Å². The van der Waals surface area contributed by atoms with Gasteiger partial charge in [-0.3, -0.25) is 19.3 Å². The molecule has 2 N–H and O–H groups in total. The van der Waals surface area contributed by atoms with Crippen molar-refractivity contribution >= 4 is 84.4 Å². The van der Waals surface area contributed by atoms with Crippen molar-refractivity contribution in [3.05, 3.63) is 115 Å². The number of aromatic nitrogens is 2. The summed E-state index contributed by atoms with van der Waals surface area (Å²) in [5.41, 5.74) is 2.37. The number of benzene rings is 2. The van der Waals surface area contributed by atoms with Crippen molar-refractivity contribution in [3.63, 3.8) is 0 Å². The molecule has 1 fully saturated rings. The second-order valence-corrected chi connectivity index (χ2v) is 14.4. The number of carbonyl (C=O) groups is 3. The zero-order valence-corrected chi connectivity index (χ0v) is 31.7. The Morgan fingerprint density at radius 1 is 0.755 bits per heavy atom. The number of nitrogens with one attached hydrogen (secondary N) is 2. The van der Waals surface area contributed by atoms with E-state index < -0.39 is 0 Å². The fourth-order valence-corrected chi connectivity index (χ4v) is 5.94. The Labute approximate surface area is 314 Å². The maximum atomic E-state index is 12.3. The van der Waals surface area contributed by atoms with Crippen molar-refractivity contribution < 1.29 is 14.4 Å². The summed E-state index contributed by atoms with van der Waals surface area (Å²) in [4.78, 5) is 48.1. The third kappa shape index (κ3) is 15.0. The number of amides is 3. The highest BCUT2D eigenvalue weighted by Crippen LogP contribution is 2.29. The molecule has 1 aliphatic rings. The summed E-state index contributed by atoms with van der Waals surface area (Å²) in [6.07, 6.45) is 7.13. The monoisotopic (exact) mass is 830 g/mol. The van der Waals surface area contributed by atoms with Crippen LogP contribution in [0.3, 0.4) is 0 Å². The van der Waals surface area contributed by atoms with Crippen LogP contribution in [0.25, 0.3) is 0 Å². The highest BCUT2D eigenvalue weighted by molar-refractivity contribution is 9.10. The van der Waals surface area contributed by atoms with Crippen LogP contribution in [-0.2, 0) is 27.2 Å². The van der Waals surface area contributed by atoms with Gasteiger partial charge in [-0.05, 0) is 91.3 Å². The number of nitrogens with zero attached hydrogens (tertiary/aromatic N) is 4. The van der Waals surface area contributed by atoms with Gasteiger partial charge >= 0.3 is 0 Å². The fraction of sp³-hybridized carbons (Fsp3) is 0.306. The summed E-state index contributed by atoms with van der Waals surface area (Å²) in [6.45, 7) is 4.13. The van der Waals surface area contributed by atoms with E-state index >= 15 is 0 Å². The van der Waals surface area contributed by atoms with Gasteiger partial charge < -0.3 is 15.5 Å². The quantitative estimate of drug-likeness (QED) is 0.134. The lowest BCUT2D eigenvalue weighted by Gasteiger charge is -2.21. The van der Waals surface area contributed by atoms with E-state index in [2.05, 4.69) is 69.5 Å². The van der Waals surface area contributed by atoms with Gasteiger partial charge in [0.15, 0.2) is 0 Å². The zero-order valence-electron chi connectivity index (χ0n) is 27.0. The lowest BCUT2D eigenvalue weighted by Crippen LogP contribution is -2.38. The van der Waals surface area contributed by atoms with Crippen LogP contribution in [0.5, 0.6) is 0 Å². The summed E-state index contributed by atoms with van der Waals surface area (Å²) < 4.78 is 2.08. The zero-order chi connectivity index (χ0) is 35.2. The molecule has 2 heterocycles. The Balaban J connectivity index is 0.000000221. The molecule has 4 aromatic rings. The molecule has 0 bridgehead atoms. The third-order valence-corrected chi connectivity index (χ3v) is 8.95. The van der Waals surface area contributed by atoms with Crippen LogP contribution in [0, 0.1) is 5.92 Å². The van der Waals surface area contributed by atoms with Crippen molar-refractivity contribution in [3.8, 4) is 0 Å². The first kappa shape index (κ1) is 38.5. The minimum absolute atomic E-state index is 0.0202. The van der Waals surface area contributed by atoms with Gasteiger partial charge in [0, 0.05) is 47.9 Å².